The Morgan fingerprint density at radius 1 is 1.12 bits per heavy atom. The van der Waals surface area contributed by atoms with Crippen molar-refractivity contribution in [2.45, 2.75) is 33.2 Å². The molecule has 0 unspecified atom stereocenters. The van der Waals surface area contributed by atoms with Crippen LogP contribution in [0.5, 0.6) is 0 Å². The molecule has 0 bridgehead atoms. The van der Waals surface area contributed by atoms with E-state index in [2.05, 4.69) is 10.6 Å². The Kier molecular flexibility index (Phi) is 7.25. The van der Waals surface area contributed by atoms with Gasteiger partial charge >= 0.3 is 0 Å². The van der Waals surface area contributed by atoms with E-state index in [4.69, 9.17) is 11.6 Å². The van der Waals surface area contributed by atoms with Gasteiger partial charge in [0, 0.05) is 23.5 Å². The van der Waals surface area contributed by atoms with Gasteiger partial charge < -0.3 is 10.6 Å². The highest BCUT2D eigenvalue weighted by molar-refractivity contribution is 6.30. The van der Waals surface area contributed by atoms with Crippen molar-refractivity contribution >= 4 is 23.2 Å². The van der Waals surface area contributed by atoms with Crippen LogP contribution in [0.4, 0.5) is 5.69 Å². The number of anilines is 1. The maximum Gasteiger partial charge on any atom is 0.267 e. The Balaban J connectivity index is 2.09. The van der Waals surface area contributed by atoms with Gasteiger partial charge in [-0.05, 0) is 41.7 Å². The quantitative estimate of drug-likeness (QED) is 0.555. The van der Waals surface area contributed by atoms with Gasteiger partial charge in [0.1, 0.15) is 11.6 Å². The SMILES string of the molecule is CCc1cccc(CC)c1NC(=O)/C(C#N)=C\NCc1ccc(Cl)cc1. The Hall–Kier alpha value is -2.77. The highest BCUT2D eigenvalue weighted by Gasteiger charge is 2.13. The summed E-state index contributed by atoms with van der Waals surface area (Å²) >= 11 is 5.86. The first kappa shape index (κ1) is 19.6. The number of halogens is 1. The molecule has 0 fully saturated rings. The lowest BCUT2D eigenvalue weighted by molar-refractivity contribution is -0.112. The van der Waals surface area contributed by atoms with Gasteiger partial charge in [0.15, 0.2) is 0 Å². The summed E-state index contributed by atoms with van der Waals surface area (Å²) in [7, 11) is 0. The fourth-order valence-electron chi connectivity index (χ4n) is 2.61. The summed E-state index contributed by atoms with van der Waals surface area (Å²) in [4.78, 5) is 12.5. The van der Waals surface area contributed by atoms with Crippen LogP contribution in [0.15, 0.2) is 54.2 Å². The van der Waals surface area contributed by atoms with Crippen LogP contribution >= 0.6 is 11.6 Å². The van der Waals surface area contributed by atoms with Gasteiger partial charge in [-0.1, -0.05) is 55.8 Å². The third-order valence-corrected chi connectivity index (χ3v) is 4.32. The minimum absolute atomic E-state index is 0.0342. The fraction of sp³-hybridized carbons (Fsp3) is 0.238. The fourth-order valence-corrected chi connectivity index (χ4v) is 2.73. The Bertz CT molecular complexity index is 813. The molecule has 0 radical (unpaired) electrons. The van der Waals surface area contributed by atoms with E-state index >= 15 is 0 Å². The third-order valence-electron chi connectivity index (χ3n) is 4.07. The maximum atomic E-state index is 12.5. The van der Waals surface area contributed by atoms with E-state index in [1.54, 1.807) is 12.1 Å². The van der Waals surface area contributed by atoms with Gasteiger partial charge in [-0.15, -0.1) is 0 Å². The van der Waals surface area contributed by atoms with E-state index in [1.165, 1.54) is 6.20 Å². The number of nitrogens with zero attached hydrogens (tertiary/aromatic N) is 1. The molecule has 0 heterocycles. The molecule has 0 spiro atoms. The summed E-state index contributed by atoms with van der Waals surface area (Å²) < 4.78 is 0. The Morgan fingerprint density at radius 3 is 2.27 bits per heavy atom. The van der Waals surface area contributed by atoms with Crippen molar-refractivity contribution in [2.75, 3.05) is 5.32 Å². The number of amides is 1. The normalized spacial score (nSPS) is 10.9. The number of nitrogens with one attached hydrogen (secondary N) is 2. The number of hydrogen-bond donors (Lipinski definition) is 2. The lowest BCUT2D eigenvalue weighted by Crippen LogP contribution is -2.18. The van der Waals surface area contributed by atoms with Crippen molar-refractivity contribution in [3.8, 4) is 6.07 Å². The standard InChI is InChI=1S/C21H22ClN3O/c1-3-16-6-5-7-17(4-2)20(16)25-21(26)18(12-23)14-24-13-15-8-10-19(22)11-9-15/h5-11,14,24H,3-4,13H2,1-2H3,(H,25,26)/b18-14-. The zero-order valence-corrected chi connectivity index (χ0v) is 15.7. The average molecular weight is 368 g/mol. The summed E-state index contributed by atoms with van der Waals surface area (Å²) in [5.41, 5.74) is 3.97. The van der Waals surface area contributed by atoms with E-state index in [1.807, 2.05) is 50.2 Å². The van der Waals surface area contributed by atoms with Gasteiger partial charge in [-0.3, -0.25) is 4.79 Å². The molecule has 4 nitrogen and oxygen atoms in total. The first-order valence-corrected chi connectivity index (χ1v) is 8.97. The molecule has 0 aromatic heterocycles. The number of rotatable bonds is 7. The zero-order chi connectivity index (χ0) is 18.9. The second kappa shape index (κ2) is 9.65. The van der Waals surface area contributed by atoms with Gasteiger partial charge in [-0.2, -0.15) is 5.26 Å². The van der Waals surface area contributed by atoms with Crippen molar-refractivity contribution < 1.29 is 4.79 Å². The smallest absolute Gasteiger partial charge is 0.267 e. The first-order chi connectivity index (χ1) is 12.6. The van der Waals surface area contributed by atoms with Gasteiger partial charge in [0.25, 0.3) is 5.91 Å². The van der Waals surface area contributed by atoms with E-state index in [9.17, 15) is 10.1 Å². The predicted molar refractivity (Wildman–Crippen MR) is 106 cm³/mol. The molecule has 0 aliphatic carbocycles. The second-order valence-electron chi connectivity index (χ2n) is 5.79. The van der Waals surface area contributed by atoms with Crippen molar-refractivity contribution in [3.05, 3.63) is 76.0 Å². The molecule has 0 aliphatic rings. The second-order valence-corrected chi connectivity index (χ2v) is 6.23. The van der Waals surface area contributed by atoms with Crippen LogP contribution in [0.25, 0.3) is 0 Å². The topological polar surface area (TPSA) is 64.9 Å². The molecule has 2 N–H and O–H groups in total. The third kappa shape index (κ3) is 5.11. The van der Waals surface area contributed by atoms with E-state index in [0.717, 1.165) is 35.2 Å². The number of carbonyl (C=O) groups is 1. The van der Waals surface area contributed by atoms with E-state index in [-0.39, 0.29) is 5.57 Å². The number of hydrogen-bond acceptors (Lipinski definition) is 3. The van der Waals surface area contributed by atoms with Crippen LogP contribution in [0.2, 0.25) is 5.02 Å². The van der Waals surface area contributed by atoms with Crippen molar-refractivity contribution in [3.63, 3.8) is 0 Å². The van der Waals surface area contributed by atoms with Crippen LogP contribution in [0, 0.1) is 11.3 Å². The molecular formula is C21H22ClN3O. The van der Waals surface area contributed by atoms with Gasteiger partial charge in [0.2, 0.25) is 0 Å². The largest absolute Gasteiger partial charge is 0.386 e. The van der Waals surface area contributed by atoms with Crippen LogP contribution < -0.4 is 10.6 Å². The zero-order valence-electron chi connectivity index (χ0n) is 15.0. The van der Waals surface area contributed by atoms with Crippen molar-refractivity contribution in [2.24, 2.45) is 0 Å². The summed E-state index contributed by atoms with van der Waals surface area (Å²) in [6, 6.07) is 15.3. The Morgan fingerprint density at radius 2 is 1.73 bits per heavy atom. The highest BCUT2D eigenvalue weighted by atomic mass is 35.5. The van der Waals surface area contributed by atoms with Gasteiger partial charge in [0.05, 0.1) is 0 Å². The molecule has 0 saturated carbocycles. The van der Waals surface area contributed by atoms with Crippen LogP contribution in [-0.4, -0.2) is 5.91 Å². The molecular weight excluding hydrogens is 346 g/mol. The number of para-hydroxylation sites is 1. The molecule has 0 saturated heterocycles. The van der Waals surface area contributed by atoms with Crippen LogP contribution in [0.1, 0.15) is 30.5 Å². The molecule has 134 valence electrons. The number of benzene rings is 2. The molecule has 2 aromatic rings. The molecule has 2 rings (SSSR count). The molecule has 0 aliphatic heterocycles. The number of aryl methyl sites for hydroxylation is 2. The molecule has 1 amide bonds. The summed E-state index contributed by atoms with van der Waals surface area (Å²) in [5, 5.41) is 15.9. The van der Waals surface area contributed by atoms with Crippen LogP contribution in [-0.2, 0) is 24.2 Å². The number of carbonyl (C=O) groups excluding carboxylic acids is 1. The molecule has 0 atom stereocenters. The first-order valence-electron chi connectivity index (χ1n) is 8.59. The Labute approximate surface area is 159 Å². The summed E-state index contributed by atoms with van der Waals surface area (Å²) in [5.74, 6) is -0.410. The van der Waals surface area contributed by atoms with E-state index < -0.39 is 5.91 Å². The molecule has 2 aromatic carbocycles. The summed E-state index contributed by atoms with van der Waals surface area (Å²) in [6.07, 6.45) is 3.07. The van der Waals surface area contributed by atoms with Gasteiger partial charge in [-0.25, -0.2) is 0 Å². The lowest BCUT2D eigenvalue weighted by Gasteiger charge is -2.14. The minimum atomic E-state index is -0.410. The maximum absolute atomic E-state index is 12.5. The number of nitriles is 1. The summed E-state index contributed by atoms with van der Waals surface area (Å²) in [6.45, 7) is 4.58. The average Bonchev–Trinajstić information content (AvgIpc) is 2.66. The predicted octanol–water partition coefficient (Wildman–Crippen LogP) is 4.60. The lowest BCUT2D eigenvalue weighted by atomic mass is 10.0. The minimum Gasteiger partial charge on any atom is -0.386 e. The molecule has 5 heteroatoms. The van der Waals surface area contributed by atoms with Crippen molar-refractivity contribution in [1.29, 1.82) is 5.26 Å². The van der Waals surface area contributed by atoms with Crippen molar-refractivity contribution in [1.82, 2.24) is 5.32 Å². The van der Waals surface area contributed by atoms with E-state index in [0.29, 0.717) is 11.6 Å². The van der Waals surface area contributed by atoms with Crippen LogP contribution in [0.3, 0.4) is 0 Å². The molecule has 26 heavy (non-hydrogen) atoms. The highest BCUT2D eigenvalue weighted by Crippen LogP contribution is 2.23. The monoisotopic (exact) mass is 367 g/mol.